The molecule has 0 aliphatic carbocycles. The van der Waals surface area contributed by atoms with Crippen LogP contribution in [0.1, 0.15) is 36.8 Å². The Morgan fingerprint density at radius 3 is 2.63 bits per heavy atom. The van der Waals surface area contributed by atoms with Gasteiger partial charge in [0, 0.05) is 29.5 Å². The Kier molecular flexibility index (Phi) is 5.61. The molecule has 1 rings (SSSR count). The van der Waals surface area contributed by atoms with E-state index in [1.165, 1.54) is 6.26 Å². The minimum absolute atomic E-state index is 0.0855. The molecule has 0 fully saturated rings. The molecule has 19 heavy (non-hydrogen) atoms. The summed E-state index contributed by atoms with van der Waals surface area (Å²) >= 11 is 3.35. The van der Waals surface area contributed by atoms with Crippen LogP contribution in [0.2, 0.25) is 0 Å². The maximum Gasteiger partial charge on any atom is 0.267 e. The van der Waals surface area contributed by atoms with E-state index in [4.69, 9.17) is 0 Å². The molecular formula is C12H19BrN2O3S. The highest BCUT2D eigenvalue weighted by molar-refractivity contribution is 9.10. The average Bonchev–Trinajstić information content (AvgIpc) is 2.65. The molecule has 0 saturated carbocycles. The molecule has 1 amide bonds. The number of sulfone groups is 1. The first-order chi connectivity index (χ1) is 8.70. The van der Waals surface area contributed by atoms with Crippen LogP contribution in [0, 0.1) is 0 Å². The van der Waals surface area contributed by atoms with E-state index in [9.17, 15) is 13.2 Å². The average molecular weight is 351 g/mol. The van der Waals surface area contributed by atoms with Crippen molar-refractivity contribution >= 4 is 31.7 Å². The normalized spacial score (nSPS) is 11.8. The first-order valence-corrected chi connectivity index (χ1v) is 8.89. The van der Waals surface area contributed by atoms with Crippen LogP contribution < -0.4 is 5.32 Å². The van der Waals surface area contributed by atoms with Crippen molar-refractivity contribution in [2.24, 2.45) is 0 Å². The van der Waals surface area contributed by atoms with Gasteiger partial charge < -0.3 is 9.88 Å². The molecule has 1 aromatic heterocycles. The van der Waals surface area contributed by atoms with Crippen molar-refractivity contribution in [1.29, 1.82) is 0 Å². The summed E-state index contributed by atoms with van der Waals surface area (Å²) in [4.78, 5) is 12.0. The molecule has 0 aliphatic rings. The van der Waals surface area contributed by atoms with Gasteiger partial charge in [-0.3, -0.25) is 4.79 Å². The molecule has 0 aliphatic heterocycles. The Labute approximate surface area is 122 Å². The number of hydrogen-bond acceptors (Lipinski definition) is 3. The predicted molar refractivity (Wildman–Crippen MR) is 79.2 cm³/mol. The number of rotatable bonds is 6. The van der Waals surface area contributed by atoms with Crippen molar-refractivity contribution in [3.63, 3.8) is 0 Å². The topological polar surface area (TPSA) is 68.2 Å². The number of amides is 1. The lowest BCUT2D eigenvalue weighted by Gasteiger charge is -2.12. The van der Waals surface area contributed by atoms with E-state index in [1.54, 1.807) is 6.07 Å². The number of nitrogens with one attached hydrogen (secondary N) is 1. The van der Waals surface area contributed by atoms with E-state index in [2.05, 4.69) is 21.2 Å². The molecule has 0 radical (unpaired) electrons. The zero-order valence-electron chi connectivity index (χ0n) is 11.3. The van der Waals surface area contributed by atoms with Crippen molar-refractivity contribution in [2.75, 3.05) is 18.6 Å². The highest BCUT2D eigenvalue weighted by Crippen LogP contribution is 2.19. The Balaban J connectivity index is 2.59. The SMILES string of the molecule is CC(C)n1cc(Br)cc1C(=O)NCCCS(C)(=O)=O. The number of halogens is 1. The summed E-state index contributed by atoms with van der Waals surface area (Å²) in [5.41, 5.74) is 0.571. The maximum atomic E-state index is 12.0. The fourth-order valence-electron chi connectivity index (χ4n) is 1.68. The van der Waals surface area contributed by atoms with E-state index in [-0.39, 0.29) is 17.7 Å². The fraction of sp³-hybridized carbons (Fsp3) is 0.583. The minimum atomic E-state index is -2.97. The quantitative estimate of drug-likeness (QED) is 0.797. The maximum absolute atomic E-state index is 12.0. The molecule has 0 unspecified atom stereocenters. The van der Waals surface area contributed by atoms with Gasteiger partial charge in [-0.2, -0.15) is 0 Å². The lowest BCUT2D eigenvalue weighted by molar-refractivity contribution is 0.0943. The molecule has 0 aromatic carbocycles. The van der Waals surface area contributed by atoms with Gasteiger partial charge in [0.1, 0.15) is 15.5 Å². The standard InChI is InChI=1S/C12H19BrN2O3S/c1-9(2)15-8-10(13)7-11(15)12(16)14-5-4-6-19(3,17)18/h7-9H,4-6H2,1-3H3,(H,14,16). The molecule has 0 spiro atoms. The highest BCUT2D eigenvalue weighted by Gasteiger charge is 2.14. The van der Waals surface area contributed by atoms with Crippen molar-refractivity contribution in [3.05, 3.63) is 22.4 Å². The van der Waals surface area contributed by atoms with Crippen LogP contribution in [-0.2, 0) is 9.84 Å². The largest absolute Gasteiger partial charge is 0.351 e. The van der Waals surface area contributed by atoms with Gasteiger partial charge in [-0.1, -0.05) is 0 Å². The van der Waals surface area contributed by atoms with Crippen LogP contribution in [0.15, 0.2) is 16.7 Å². The second-order valence-electron chi connectivity index (χ2n) is 4.78. The summed E-state index contributed by atoms with van der Waals surface area (Å²) in [7, 11) is -2.97. The van der Waals surface area contributed by atoms with E-state index in [1.807, 2.05) is 24.6 Å². The molecule has 1 aromatic rings. The molecule has 1 heterocycles. The summed E-state index contributed by atoms with van der Waals surface area (Å²) in [5, 5.41) is 2.74. The molecule has 5 nitrogen and oxygen atoms in total. The van der Waals surface area contributed by atoms with Crippen LogP contribution >= 0.6 is 15.9 Å². The molecule has 7 heteroatoms. The zero-order chi connectivity index (χ0) is 14.6. The minimum Gasteiger partial charge on any atom is -0.351 e. The molecule has 0 saturated heterocycles. The van der Waals surface area contributed by atoms with Crippen LogP contribution in [-0.4, -0.2) is 37.4 Å². The summed E-state index contributed by atoms with van der Waals surface area (Å²) in [6, 6.07) is 1.94. The first-order valence-electron chi connectivity index (χ1n) is 6.04. The van der Waals surface area contributed by atoms with Crippen molar-refractivity contribution < 1.29 is 13.2 Å². The second-order valence-corrected chi connectivity index (χ2v) is 7.96. The van der Waals surface area contributed by atoms with Gasteiger partial charge in [0.15, 0.2) is 0 Å². The lowest BCUT2D eigenvalue weighted by Crippen LogP contribution is -2.28. The van der Waals surface area contributed by atoms with Gasteiger partial charge in [0.05, 0.1) is 5.75 Å². The van der Waals surface area contributed by atoms with E-state index in [0.717, 1.165) is 4.47 Å². The third kappa shape index (κ3) is 5.36. The molecule has 108 valence electrons. The van der Waals surface area contributed by atoms with Gasteiger partial charge in [-0.05, 0) is 42.3 Å². The number of hydrogen-bond donors (Lipinski definition) is 1. The van der Waals surface area contributed by atoms with Crippen molar-refractivity contribution in [2.45, 2.75) is 26.3 Å². The van der Waals surface area contributed by atoms with Crippen LogP contribution in [0.25, 0.3) is 0 Å². The second kappa shape index (κ2) is 6.56. The number of aromatic nitrogens is 1. The Morgan fingerprint density at radius 1 is 1.47 bits per heavy atom. The highest BCUT2D eigenvalue weighted by atomic mass is 79.9. The van der Waals surface area contributed by atoms with Crippen LogP contribution in [0.5, 0.6) is 0 Å². The summed E-state index contributed by atoms with van der Waals surface area (Å²) in [5.74, 6) is -0.102. The van der Waals surface area contributed by atoms with Gasteiger partial charge in [-0.25, -0.2) is 8.42 Å². The number of nitrogens with zero attached hydrogens (tertiary/aromatic N) is 1. The summed E-state index contributed by atoms with van der Waals surface area (Å²) < 4.78 is 24.7. The van der Waals surface area contributed by atoms with Gasteiger partial charge in [-0.15, -0.1) is 0 Å². The number of carbonyl (C=O) groups is 1. The summed E-state index contributed by atoms with van der Waals surface area (Å²) in [6.45, 7) is 4.34. The third-order valence-corrected chi connectivity index (χ3v) is 4.05. The first kappa shape index (κ1) is 16.2. The van der Waals surface area contributed by atoms with Crippen molar-refractivity contribution in [3.8, 4) is 0 Å². The van der Waals surface area contributed by atoms with Crippen molar-refractivity contribution in [1.82, 2.24) is 9.88 Å². The molecule has 0 atom stereocenters. The van der Waals surface area contributed by atoms with E-state index < -0.39 is 9.84 Å². The van der Waals surface area contributed by atoms with E-state index >= 15 is 0 Å². The smallest absolute Gasteiger partial charge is 0.267 e. The van der Waals surface area contributed by atoms with Crippen LogP contribution in [0.4, 0.5) is 0 Å². The monoisotopic (exact) mass is 350 g/mol. The third-order valence-electron chi connectivity index (χ3n) is 2.58. The molecular weight excluding hydrogens is 332 g/mol. The summed E-state index contributed by atoms with van der Waals surface area (Å²) in [6.07, 6.45) is 3.47. The van der Waals surface area contributed by atoms with Gasteiger partial charge in [0.2, 0.25) is 0 Å². The molecule has 1 N–H and O–H groups in total. The van der Waals surface area contributed by atoms with Crippen LogP contribution in [0.3, 0.4) is 0 Å². The van der Waals surface area contributed by atoms with Gasteiger partial charge in [0.25, 0.3) is 5.91 Å². The predicted octanol–water partition coefficient (Wildman–Crippen LogP) is 2.00. The van der Waals surface area contributed by atoms with E-state index in [0.29, 0.717) is 18.7 Å². The Hall–Kier alpha value is -0.820. The molecule has 0 bridgehead atoms. The Bertz CT molecular complexity index is 549. The Morgan fingerprint density at radius 2 is 2.11 bits per heavy atom. The number of carbonyl (C=O) groups excluding carboxylic acids is 1. The fourth-order valence-corrected chi connectivity index (χ4v) is 2.79. The van der Waals surface area contributed by atoms with Gasteiger partial charge >= 0.3 is 0 Å². The lowest BCUT2D eigenvalue weighted by atomic mass is 10.3. The zero-order valence-corrected chi connectivity index (χ0v) is 13.7.